The molecule has 1 saturated heterocycles. The number of ether oxygens (including phenoxy) is 2. The Morgan fingerprint density at radius 3 is 2.53 bits per heavy atom. The van der Waals surface area contributed by atoms with Crippen LogP contribution in [0.1, 0.15) is 18.4 Å². The molecule has 1 aliphatic heterocycles. The van der Waals surface area contributed by atoms with E-state index < -0.39 is 0 Å². The minimum absolute atomic E-state index is 0.209. The van der Waals surface area contributed by atoms with Gasteiger partial charge in [-0.1, -0.05) is 6.07 Å². The minimum Gasteiger partial charge on any atom is -0.493 e. The molecule has 94 valence electrons. The second kappa shape index (κ2) is 4.55. The lowest BCUT2D eigenvalue weighted by Crippen LogP contribution is -2.42. The molecule has 4 heteroatoms. The number of benzene rings is 1. The Bertz CT molecular complexity index is 404. The van der Waals surface area contributed by atoms with Gasteiger partial charge in [0.05, 0.1) is 14.2 Å². The Labute approximate surface area is 102 Å². The lowest BCUT2D eigenvalue weighted by atomic mass is 9.84. The van der Waals surface area contributed by atoms with Gasteiger partial charge in [0, 0.05) is 24.5 Å². The number of nitrogens with one attached hydrogen (secondary N) is 1. The van der Waals surface area contributed by atoms with Gasteiger partial charge in [-0.15, -0.1) is 0 Å². The number of hydrogen-bond donors (Lipinski definition) is 2. The molecule has 1 aromatic rings. The topological polar surface area (TPSA) is 56.5 Å². The van der Waals surface area contributed by atoms with Gasteiger partial charge in [0.1, 0.15) is 0 Å². The van der Waals surface area contributed by atoms with Crippen molar-refractivity contribution in [2.75, 3.05) is 27.3 Å². The third-order valence-electron chi connectivity index (χ3n) is 3.46. The quantitative estimate of drug-likeness (QED) is 0.825. The van der Waals surface area contributed by atoms with Gasteiger partial charge in [0.25, 0.3) is 0 Å². The molecular weight excluding hydrogens is 216 g/mol. The predicted molar refractivity (Wildman–Crippen MR) is 67.7 cm³/mol. The Morgan fingerprint density at radius 1 is 1.29 bits per heavy atom. The molecule has 0 spiro atoms. The fourth-order valence-corrected chi connectivity index (χ4v) is 2.41. The summed E-state index contributed by atoms with van der Waals surface area (Å²) in [4.78, 5) is 0. The first-order chi connectivity index (χ1) is 8.08. The van der Waals surface area contributed by atoms with Crippen LogP contribution in [0.15, 0.2) is 18.2 Å². The Hall–Kier alpha value is -1.26. The Kier molecular flexibility index (Phi) is 3.26. The second-order valence-electron chi connectivity index (χ2n) is 4.80. The normalized spacial score (nSPS) is 28.1. The van der Waals surface area contributed by atoms with Gasteiger partial charge in [0.15, 0.2) is 11.5 Å². The van der Waals surface area contributed by atoms with Crippen LogP contribution in [0.2, 0.25) is 0 Å². The average molecular weight is 236 g/mol. The fraction of sp³-hybridized carbons (Fsp3) is 0.538. The van der Waals surface area contributed by atoms with E-state index in [-0.39, 0.29) is 5.54 Å². The molecule has 1 aromatic carbocycles. The maximum atomic E-state index is 6.28. The van der Waals surface area contributed by atoms with E-state index in [1.807, 2.05) is 12.1 Å². The van der Waals surface area contributed by atoms with E-state index in [1.54, 1.807) is 14.2 Å². The van der Waals surface area contributed by atoms with Crippen molar-refractivity contribution in [2.45, 2.75) is 18.4 Å². The zero-order chi connectivity index (χ0) is 12.5. The molecule has 0 unspecified atom stereocenters. The van der Waals surface area contributed by atoms with Gasteiger partial charge in [-0.2, -0.15) is 0 Å². The summed E-state index contributed by atoms with van der Waals surface area (Å²) < 4.78 is 10.6. The third-order valence-corrected chi connectivity index (χ3v) is 3.46. The molecule has 1 aliphatic rings. The lowest BCUT2D eigenvalue weighted by Gasteiger charge is -2.26. The van der Waals surface area contributed by atoms with E-state index in [9.17, 15) is 0 Å². The summed E-state index contributed by atoms with van der Waals surface area (Å²) >= 11 is 0. The molecule has 1 heterocycles. The zero-order valence-electron chi connectivity index (χ0n) is 10.6. The number of rotatable bonds is 3. The number of methoxy groups -OCH3 is 2. The summed E-state index contributed by atoms with van der Waals surface area (Å²) in [7, 11) is 3.29. The van der Waals surface area contributed by atoms with Crippen LogP contribution in [0.3, 0.4) is 0 Å². The van der Waals surface area contributed by atoms with Crippen LogP contribution in [0.5, 0.6) is 11.5 Å². The molecule has 0 saturated carbocycles. The van der Waals surface area contributed by atoms with Crippen LogP contribution in [0.4, 0.5) is 0 Å². The van der Waals surface area contributed by atoms with Crippen molar-refractivity contribution < 1.29 is 9.47 Å². The maximum Gasteiger partial charge on any atom is 0.160 e. The van der Waals surface area contributed by atoms with Crippen molar-refractivity contribution >= 4 is 0 Å². The van der Waals surface area contributed by atoms with E-state index in [0.29, 0.717) is 5.92 Å². The summed E-state index contributed by atoms with van der Waals surface area (Å²) in [5.41, 5.74) is 7.27. The zero-order valence-corrected chi connectivity index (χ0v) is 10.6. The average Bonchev–Trinajstić information content (AvgIpc) is 2.68. The highest BCUT2D eigenvalue weighted by molar-refractivity contribution is 5.45. The number of nitrogens with two attached hydrogens (primary N) is 1. The van der Waals surface area contributed by atoms with Gasteiger partial charge in [-0.05, 0) is 24.6 Å². The van der Waals surface area contributed by atoms with Gasteiger partial charge < -0.3 is 20.5 Å². The first kappa shape index (κ1) is 12.2. The van der Waals surface area contributed by atoms with E-state index in [4.69, 9.17) is 15.2 Å². The first-order valence-electron chi connectivity index (χ1n) is 5.80. The fourth-order valence-electron chi connectivity index (χ4n) is 2.41. The van der Waals surface area contributed by atoms with Crippen molar-refractivity contribution in [3.8, 4) is 11.5 Å². The highest BCUT2D eigenvalue weighted by Gasteiger charge is 2.36. The molecule has 1 fully saturated rings. The minimum atomic E-state index is -0.209. The first-order valence-corrected chi connectivity index (χ1v) is 5.80. The molecule has 2 rings (SSSR count). The highest BCUT2D eigenvalue weighted by atomic mass is 16.5. The third kappa shape index (κ3) is 2.23. The van der Waals surface area contributed by atoms with Gasteiger partial charge in [0.2, 0.25) is 0 Å². The van der Waals surface area contributed by atoms with Gasteiger partial charge in [-0.3, -0.25) is 0 Å². The monoisotopic (exact) mass is 236 g/mol. The lowest BCUT2D eigenvalue weighted by molar-refractivity contribution is 0.353. The molecule has 0 aromatic heterocycles. The molecule has 0 aliphatic carbocycles. The van der Waals surface area contributed by atoms with Crippen LogP contribution in [-0.2, 0) is 0 Å². The highest BCUT2D eigenvalue weighted by Crippen LogP contribution is 2.35. The summed E-state index contributed by atoms with van der Waals surface area (Å²) in [5.74, 6) is 1.82. The van der Waals surface area contributed by atoms with Crippen molar-refractivity contribution in [3.63, 3.8) is 0 Å². The predicted octanol–water partition coefficient (Wildman–Crippen LogP) is 1.11. The van der Waals surface area contributed by atoms with Crippen LogP contribution in [0.25, 0.3) is 0 Å². The van der Waals surface area contributed by atoms with E-state index in [1.165, 1.54) is 5.56 Å². The number of hydrogen-bond acceptors (Lipinski definition) is 4. The molecule has 0 radical (unpaired) electrons. The smallest absolute Gasteiger partial charge is 0.160 e. The summed E-state index contributed by atoms with van der Waals surface area (Å²) in [6, 6.07) is 6.01. The molecule has 17 heavy (non-hydrogen) atoms. The summed E-state index contributed by atoms with van der Waals surface area (Å²) in [6.45, 7) is 3.82. The second-order valence-corrected chi connectivity index (χ2v) is 4.80. The van der Waals surface area contributed by atoms with Crippen molar-refractivity contribution in [3.05, 3.63) is 23.8 Å². The van der Waals surface area contributed by atoms with Gasteiger partial charge >= 0.3 is 0 Å². The summed E-state index contributed by atoms with van der Waals surface area (Å²) in [6.07, 6.45) is 0. The standard InChI is InChI=1S/C13H20N2O2/c1-13(14)8-15-7-10(13)9-4-5-11(16-2)12(6-9)17-3/h4-6,10,15H,7-8,14H2,1-3H3/t10-,13+/m0/s1. The van der Waals surface area contributed by atoms with E-state index in [0.717, 1.165) is 24.6 Å². The molecule has 0 amide bonds. The van der Waals surface area contributed by atoms with E-state index >= 15 is 0 Å². The Balaban J connectivity index is 2.33. The van der Waals surface area contributed by atoms with Crippen molar-refractivity contribution in [1.29, 1.82) is 0 Å². The molecule has 4 nitrogen and oxygen atoms in total. The van der Waals surface area contributed by atoms with Crippen LogP contribution >= 0.6 is 0 Å². The summed E-state index contributed by atoms with van der Waals surface area (Å²) in [5, 5.41) is 3.33. The molecular formula is C13H20N2O2. The molecule has 2 atom stereocenters. The maximum absolute atomic E-state index is 6.28. The SMILES string of the molecule is COc1ccc([C@@H]2CNC[C@@]2(C)N)cc1OC. The molecule has 0 bridgehead atoms. The van der Waals surface area contributed by atoms with Crippen LogP contribution < -0.4 is 20.5 Å². The van der Waals surface area contributed by atoms with Crippen molar-refractivity contribution in [2.24, 2.45) is 5.73 Å². The van der Waals surface area contributed by atoms with Crippen molar-refractivity contribution in [1.82, 2.24) is 5.32 Å². The van der Waals surface area contributed by atoms with Crippen LogP contribution in [0, 0.1) is 0 Å². The molecule has 3 N–H and O–H groups in total. The largest absolute Gasteiger partial charge is 0.493 e. The van der Waals surface area contributed by atoms with Crippen LogP contribution in [-0.4, -0.2) is 32.8 Å². The Morgan fingerprint density at radius 2 is 2.00 bits per heavy atom. The van der Waals surface area contributed by atoms with E-state index in [2.05, 4.69) is 18.3 Å². The van der Waals surface area contributed by atoms with Gasteiger partial charge in [-0.25, -0.2) is 0 Å².